The fourth-order valence-electron chi connectivity index (χ4n) is 1.44. The molecule has 2 aromatic heterocycles. The summed E-state index contributed by atoms with van der Waals surface area (Å²) in [6.45, 7) is 2.32. The van der Waals surface area contributed by atoms with Crippen molar-refractivity contribution in [2.45, 2.75) is 13.3 Å². The minimum Gasteiger partial charge on any atom is -0.369 e. The fraction of sp³-hybridized carbons (Fsp3) is 0.300. The Labute approximate surface area is 102 Å². The molecule has 0 unspecified atom stereocenters. The van der Waals surface area contributed by atoms with Crippen LogP contribution >= 0.6 is 0 Å². The first-order valence-electron chi connectivity index (χ1n) is 5.27. The van der Waals surface area contributed by atoms with Crippen molar-refractivity contribution < 1.29 is 9.45 Å². The lowest BCUT2D eigenvalue weighted by molar-refractivity contribution is -0.385. The van der Waals surface area contributed by atoms with Crippen LogP contribution in [0, 0.1) is 17.0 Å². The molecule has 0 aromatic carbocycles. The molecule has 0 saturated carbocycles. The maximum atomic E-state index is 10.6. The van der Waals surface area contributed by atoms with E-state index in [-0.39, 0.29) is 5.69 Å². The average Bonchev–Trinajstić information content (AvgIpc) is 2.84. The van der Waals surface area contributed by atoms with Crippen molar-refractivity contribution in [1.82, 2.24) is 15.1 Å². The van der Waals surface area contributed by atoms with Crippen LogP contribution < -0.4 is 5.32 Å². The first kappa shape index (κ1) is 12.0. The molecule has 94 valence electrons. The van der Waals surface area contributed by atoms with Gasteiger partial charge < -0.3 is 9.84 Å². The minimum atomic E-state index is -0.470. The monoisotopic (exact) mass is 249 g/mol. The Kier molecular flexibility index (Phi) is 3.46. The normalized spacial score (nSPS) is 10.3. The van der Waals surface area contributed by atoms with Crippen molar-refractivity contribution >= 4 is 11.5 Å². The molecule has 0 spiro atoms. The number of hydrogen-bond acceptors (Lipinski definition) is 7. The molecule has 0 atom stereocenters. The Morgan fingerprint density at radius 1 is 1.50 bits per heavy atom. The summed E-state index contributed by atoms with van der Waals surface area (Å²) < 4.78 is 4.84. The zero-order valence-electron chi connectivity index (χ0n) is 9.66. The topological polar surface area (TPSA) is 107 Å². The zero-order valence-corrected chi connectivity index (χ0v) is 9.66. The number of anilines is 1. The number of rotatable bonds is 5. The van der Waals surface area contributed by atoms with E-state index in [4.69, 9.17) is 4.52 Å². The van der Waals surface area contributed by atoms with Crippen LogP contribution in [0.5, 0.6) is 0 Å². The van der Waals surface area contributed by atoms with Crippen molar-refractivity contribution in [2.24, 2.45) is 0 Å². The molecule has 0 aliphatic carbocycles. The van der Waals surface area contributed by atoms with Crippen LogP contribution in [0.15, 0.2) is 23.1 Å². The van der Waals surface area contributed by atoms with Crippen LogP contribution in [0.25, 0.3) is 0 Å². The number of nitro groups is 1. The van der Waals surface area contributed by atoms with Gasteiger partial charge in [0.1, 0.15) is 12.0 Å². The third-order valence-corrected chi connectivity index (χ3v) is 2.31. The van der Waals surface area contributed by atoms with Crippen molar-refractivity contribution in [3.63, 3.8) is 0 Å². The first-order chi connectivity index (χ1) is 8.66. The second-order valence-corrected chi connectivity index (χ2v) is 3.63. The predicted molar refractivity (Wildman–Crippen MR) is 62.1 cm³/mol. The lowest BCUT2D eigenvalue weighted by Gasteiger charge is -2.06. The molecule has 0 amide bonds. The van der Waals surface area contributed by atoms with Gasteiger partial charge in [-0.1, -0.05) is 5.16 Å². The van der Waals surface area contributed by atoms with E-state index < -0.39 is 4.92 Å². The molecule has 8 heteroatoms. The Morgan fingerprint density at radius 3 is 2.94 bits per heavy atom. The van der Waals surface area contributed by atoms with E-state index in [0.29, 0.717) is 24.7 Å². The summed E-state index contributed by atoms with van der Waals surface area (Å²) in [5.41, 5.74) is 0.699. The SMILES string of the molecule is Cc1cc([N+](=O)[O-])cnc1NCCc1ncno1. The molecular weight excluding hydrogens is 238 g/mol. The highest BCUT2D eigenvalue weighted by Gasteiger charge is 2.09. The van der Waals surface area contributed by atoms with Gasteiger partial charge in [0.2, 0.25) is 5.89 Å². The Balaban J connectivity index is 1.95. The van der Waals surface area contributed by atoms with Gasteiger partial charge in [-0.15, -0.1) is 0 Å². The fourth-order valence-corrected chi connectivity index (χ4v) is 1.44. The van der Waals surface area contributed by atoms with Crippen molar-refractivity contribution in [2.75, 3.05) is 11.9 Å². The quantitative estimate of drug-likeness (QED) is 0.629. The molecule has 0 radical (unpaired) electrons. The molecule has 2 aromatic rings. The highest BCUT2D eigenvalue weighted by molar-refractivity contribution is 5.48. The second kappa shape index (κ2) is 5.21. The van der Waals surface area contributed by atoms with Crippen LogP contribution in [-0.4, -0.2) is 26.6 Å². The van der Waals surface area contributed by atoms with E-state index in [1.54, 1.807) is 6.92 Å². The van der Waals surface area contributed by atoms with Gasteiger partial charge in [-0.3, -0.25) is 10.1 Å². The summed E-state index contributed by atoms with van der Waals surface area (Å²) in [7, 11) is 0. The smallest absolute Gasteiger partial charge is 0.287 e. The summed E-state index contributed by atoms with van der Waals surface area (Å²) in [5.74, 6) is 1.14. The minimum absolute atomic E-state index is 0.0186. The van der Waals surface area contributed by atoms with Crippen LogP contribution in [0.2, 0.25) is 0 Å². The van der Waals surface area contributed by atoms with Gasteiger partial charge in [0.15, 0.2) is 6.33 Å². The Hall–Kier alpha value is -2.51. The predicted octanol–water partition coefficient (Wildman–Crippen LogP) is 1.34. The number of aromatic nitrogens is 3. The Morgan fingerprint density at radius 2 is 2.33 bits per heavy atom. The van der Waals surface area contributed by atoms with E-state index >= 15 is 0 Å². The van der Waals surface area contributed by atoms with E-state index in [2.05, 4.69) is 20.4 Å². The number of nitrogens with one attached hydrogen (secondary N) is 1. The molecule has 0 aliphatic rings. The third kappa shape index (κ3) is 2.78. The van der Waals surface area contributed by atoms with Gasteiger partial charge >= 0.3 is 0 Å². The van der Waals surface area contributed by atoms with E-state index in [1.807, 2.05) is 0 Å². The highest BCUT2D eigenvalue weighted by atomic mass is 16.6. The maximum absolute atomic E-state index is 10.6. The summed E-state index contributed by atoms with van der Waals surface area (Å²) in [4.78, 5) is 18.0. The zero-order chi connectivity index (χ0) is 13.0. The lowest BCUT2D eigenvalue weighted by atomic mass is 10.2. The van der Waals surface area contributed by atoms with Crippen molar-refractivity contribution in [3.05, 3.63) is 40.2 Å². The van der Waals surface area contributed by atoms with Crippen LogP contribution in [0.3, 0.4) is 0 Å². The molecule has 1 N–H and O–H groups in total. The van der Waals surface area contributed by atoms with Gasteiger partial charge in [-0.05, 0) is 12.5 Å². The number of pyridine rings is 1. The first-order valence-corrected chi connectivity index (χ1v) is 5.27. The van der Waals surface area contributed by atoms with Crippen molar-refractivity contribution in [1.29, 1.82) is 0 Å². The third-order valence-electron chi connectivity index (χ3n) is 2.31. The largest absolute Gasteiger partial charge is 0.369 e. The van der Waals surface area contributed by atoms with Crippen LogP contribution in [0.1, 0.15) is 11.5 Å². The summed E-state index contributed by atoms with van der Waals surface area (Å²) in [5, 5.41) is 17.1. The molecule has 2 heterocycles. The standard InChI is InChI=1S/C10H11N5O3/c1-7-4-8(15(16)17)5-12-10(7)11-3-2-9-13-6-14-18-9/h4-6H,2-3H2,1H3,(H,11,12). The van der Waals surface area contributed by atoms with Crippen LogP contribution in [-0.2, 0) is 6.42 Å². The molecule has 0 fully saturated rings. The number of aryl methyl sites for hydroxylation is 1. The summed E-state index contributed by atoms with van der Waals surface area (Å²) in [6.07, 6.45) is 3.13. The second-order valence-electron chi connectivity index (χ2n) is 3.63. The van der Waals surface area contributed by atoms with E-state index in [9.17, 15) is 10.1 Å². The van der Waals surface area contributed by atoms with Gasteiger partial charge in [0.05, 0.1) is 4.92 Å². The number of nitrogens with zero attached hydrogens (tertiary/aromatic N) is 4. The summed E-state index contributed by atoms with van der Waals surface area (Å²) >= 11 is 0. The lowest BCUT2D eigenvalue weighted by Crippen LogP contribution is -2.08. The van der Waals surface area contributed by atoms with Crippen LogP contribution in [0.4, 0.5) is 11.5 Å². The van der Waals surface area contributed by atoms with Gasteiger partial charge in [-0.2, -0.15) is 4.98 Å². The van der Waals surface area contributed by atoms with Gasteiger partial charge in [0.25, 0.3) is 5.69 Å². The molecule has 0 aliphatic heterocycles. The molecule has 0 bridgehead atoms. The van der Waals surface area contributed by atoms with E-state index in [0.717, 1.165) is 5.56 Å². The molecular formula is C10H11N5O3. The molecule has 2 rings (SSSR count). The maximum Gasteiger partial charge on any atom is 0.287 e. The Bertz CT molecular complexity index is 540. The van der Waals surface area contributed by atoms with Crippen molar-refractivity contribution in [3.8, 4) is 0 Å². The average molecular weight is 249 g/mol. The van der Waals surface area contributed by atoms with Gasteiger partial charge in [-0.25, -0.2) is 4.98 Å². The number of hydrogen-bond donors (Lipinski definition) is 1. The molecule has 8 nitrogen and oxygen atoms in total. The molecule has 0 saturated heterocycles. The molecule has 18 heavy (non-hydrogen) atoms. The highest BCUT2D eigenvalue weighted by Crippen LogP contribution is 2.17. The van der Waals surface area contributed by atoms with Gasteiger partial charge in [0, 0.05) is 19.0 Å². The summed E-state index contributed by atoms with van der Waals surface area (Å²) in [6, 6.07) is 1.47. The van der Waals surface area contributed by atoms with E-state index in [1.165, 1.54) is 18.6 Å².